The number of pyridine rings is 1. The van der Waals surface area contributed by atoms with Gasteiger partial charge in [0.05, 0.1) is 30.1 Å². The molecular formula is C21H24N4O5S. The second-order valence-corrected chi connectivity index (χ2v) is 7.73. The Kier molecular flexibility index (Phi) is 7.03. The largest absolute Gasteiger partial charge is 0.478 e. The Labute approximate surface area is 183 Å². The van der Waals surface area contributed by atoms with E-state index < -0.39 is 23.9 Å². The van der Waals surface area contributed by atoms with Crippen molar-refractivity contribution in [3.8, 4) is 0 Å². The van der Waals surface area contributed by atoms with Crippen molar-refractivity contribution in [3.05, 3.63) is 57.7 Å². The molecule has 0 saturated heterocycles. The van der Waals surface area contributed by atoms with Crippen molar-refractivity contribution in [2.24, 2.45) is 0 Å². The highest BCUT2D eigenvalue weighted by Crippen LogP contribution is 2.39. The summed E-state index contributed by atoms with van der Waals surface area (Å²) in [5.74, 6) is -2.33. The third-order valence-electron chi connectivity index (χ3n) is 4.84. The van der Waals surface area contributed by atoms with Crippen LogP contribution in [0, 0.1) is 6.92 Å². The molecule has 0 fully saturated rings. The van der Waals surface area contributed by atoms with Gasteiger partial charge in [0.1, 0.15) is 12.2 Å². The molecule has 31 heavy (non-hydrogen) atoms. The molecule has 2 N–H and O–H groups in total. The third kappa shape index (κ3) is 4.59. The zero-order valence-corrected chi connectivity index (χ0v) is 18.3. The molecular weight excluding hydrogens is 420 g/mol. The Morgan fingerprint density at radius 3 is 2.68 bits per heavy atom. The van der Waals surface area contributed by atoms with E-state index in [1.807, 2.05) is 12.3 Å². The fourth-order valence-corrected chi connectivity index (χ4v) is 4.28. The number of aliphatic carboxylic acids is 1. The maximum atomic E-state index is 13.4. The van der Waals surface area contributed by atoms with Gasteiger partial charge in [-0.15, -0.1) is 11.3 Å². The highest BCUT2D eigenvalue weighted by molar-refractivity contribution is 7.10. The van der Waals surface area contributed by atoms with Crippen LogP contribution in [0.3, 0.4) is 0 Å². The maximum Gasteiger partial charge on any atom is 0.335 e. The molecule has 9 nitrogen and oxygen atoms in total. The monoisotopic (exact) mass is 444 g/mol. The first-order valence-electron chi connectivity index (χ1n) is 9.81. The van der Waals surface area contributed by atoms with Gasteiger partial charge in [-0.05, 0) is 43.8 Å². The minimum Gasteiger partial charge on any atom is -0.478 e. The number of hydrazine groups is 1. The van der Waals surface area contributed by atoms with Crippen LogP contribution in [0.15, 0.2) is 47.2 Å². The smallest absolute Gasteiger partial charge is 0.335 e. The summed E-state index contributed by atoms with van der Waals surface area (Å²) >= 11 is 1.35. The number of hydrogen-bond acceptors (Lipinski definition) is 8. The van der Waals surface area contributed by atoms with E-state index >= 15 is 0 Å². The van der Waals surface area contributed by atoms with Crippen LogP contribution in [0.1, 0.15) is 30.3 Å². The van der Waals surface area contributed by atoms with Gasteiger partial charge in [-0.2, -0.15) is 5.01 Å². The van der Waals surface area contributed by atoms with Crippen LogP contribution in [-0.2, 0) is 19.1 Å². The van der Waals surface area contributed by atoms with Gasteiger partial charge < -0.3 is 15.2 Å². The highest BCUT2D eigenvalue weighted by Gasteiger charge is 2.44. The van der Waals surface area contributed by atoms with E-state index in [9.17, 15) is 19.5 Å². The number of rotatable bonds is 8. The van der Waals surface area contributed by atoms with Gasteiger partial charge in [-0.3, -0.25) is 19.6 Å². The summed E-state index contributed by atoms with van der Waals surface area (Å²) in [5, 5.41) is 17.8. The maximum absolute atomic E-state index is 13.4. The summed E-state index contributed by atoms with van der Waals surface area (Å²) in [6.45, 7) is 5.45. The Hall–Kier alpha value is -3.24. The number of carboxylic acids is 1. The number of likely N-dealkylation sites (N-methyl/N-ethyl adjacent to an activating group) is 1. The van der Waals surface area contributed by atoms with E-state index in [1.54, 1.807) is 38.2 Å². The molecule has 2 aromatic rings. The second kappa shape index (κ2) is 9.71. The van der Waals surface area contributed by atoms with Crippen LogP contribution in [0.4, 0.5) is 5.69 Å². The van der Waals surface area contributed by atoms with Crippen LogP contribution >= 0.6 is 11.3 Å². The SMILES string of the molecule is CCOC(=O)CN1C(c2cccs2)C(C(=O)O)=C(Nc2cnccc2C)C(=O)N1CC. The lowest BCUT2D eigenvalue weighted by Gasteiger charge is -2.43. The quantitative estimate of drug-likeness (QED) is 0.598. The fourth-order valence-electron chi connectivity index (χ4n) is 3.44. The molecule has 0 aliphatic carbocycles. The van der Waals surface area contributed by atoms with Gasteiger partial charge in [0.25, 0.3) is 5.91 Å². The number of carbonyl (C=O) groups excluding carboxylic acids is 2. The third-order valence-corrected chi connectivity index (χ3v) is 5.76. The predicted octanol–water partition coefficient (Wildman–Crippen LogP) is 2.59. The highest BCUT2D eigenvalue weighted by atomic mass is 32.1. The molecule has 1 aliphatic heterocycles. The molecule has 0 aromatic carbocycles. The number of hydrogen-bond donors (Lipinski definition) is 2. The molecule has 3 rings (SSSR count). The first-order chi connectivity index (χ1) is 14.9. The first-order valence-corrected chi connectivity index (χ1v) is 10.7. The number of nitrogens with one attached hydrogen (secondary N) is 1. The number of aromatic nitrogens is 1. The normalized spacial score (nSPS) is 17.1. The van der Waals surface area contributed by atoms with Crippen molar-refractivity contribution in [3.63, 3.8) is 0 Å². The summed E-state index contributed by atoms with van der Waals surface area (Å²) in [7, 11) is 0. The number of ether oxygens (including phenoxy) is 1. The fraction of sp³-hybridized carbons (Fsp3) is 0.333. The molecule has 2 aromatic heterocycles. The van der Waals surface area contributed by atoms with Crippen molar-refractivity contribution in [1.82, 2.24) is 15.0 Å². The van der Waals surface area contributed by atoms with Gasteiger partial charge in [0.15, 0.2) is 0 Å². The lowest BCUT2D eigenvalue weighted by Crippen LogP contribution is -2.56. The van der Waals surface area contributed by atoms with Crippen molar-refractivity contribution >= 4 is 34.9 Å². The van der Waals surface area contributed by atoms with Gasteiger partial charge in [-0.25, -0.2) is 4.79 Å². The number of amides is 1. The Morgan fingerprint density at radius 2 is 2.10 bits per heavy atom. The minimum absolute atomic E-state index is 0.0519. The molecule has 164 valence electrons. The Bertz CT molecular complexity index is 1000. The molecule has 0 spiro atoms. The molecule has 0 saturated carbocycles. The number of esters is 1. The summed E-state index contributed by atoms with van der Waals surface area (Å²) in [4.78, 5) is 42.9. The molecule has 1 atom stereocenters. The van der Waals surface area contributed by atoms with Crippen LogP contribution in [0.5, 0.6) is 0 Å². The summed E-state index contributed by atoms with van der Waals surface area (Å²) in [6, 6.07) is 4.50. The molecule has 0 radical (unpaired) electrons. The molecule has 0 bridgehead atoms. The molecule has 1 amide bonds. The summed E-state index contributed by atoms with van der Waals surface area (Å²) in [6.07, 6.45) is 3.15. The number of carbonyl (C=O) groups is 3. The van der Waals surface area contributed by atoms with Gasteiger partial charge in [0.2, 0.25) is 0 Å². The standard InChI is InChI=1S/C21H24N4O5S/c1-4-24-20(27)18(23-14-11-22-9-8-13(14)3)17(21(28)29)19(15-7-6-10-31-15)25(24)12-16(26)30-5-2/h6-11,19,23H,4-5,12H2,1-3H3,(H,28,29). The van der Waals surface area contributed by atoms with Gasteiger partial charge in [-0.1, -0.05) is 6.07 Å². The van der Waals surface area contributed by atoms with E-state index in [2.05, 4.69) is 10.3 Å². The van der Waals surface area contributed by atoms with Crippen LogP contribution in [0.2, 0.25) is 0 Å². The summed E-state index contributed by atoms with van der Waals surface area (Å²) < 4.78 is 5.07. The van der Waals surface area contributed by atoms with Crippen LogP contribution < -0.4 is 5.32 Å². The van der Waals surface area contributed by atoms with Gasteiger partial charge in [0, 0.05) is 17.6 Å². The van der Waals surface area contributed by atoms with E-state index in [0.29, 0.717) is 10.6 Å². The number of anilines is 1. The van der Waals surface area contributed by atoms with E-state index in [4.69, 9.17) is 4.74 Å². The zero-order chi connectivity index (χ0) is 22.5. The summed E-state index contributed by atoms with van der Waals surface area (Å²) in [5.41, 5.74) is 1.16. The van der Waals surface area contributed by atoms with Gasteiger partial charge >= 0.3 is 11.9 Å². The number of carboxylic acid groups (broad SMARTS) is 1. The molecule has 3 heterocycles. The number of thiophene rings is 1. The number of nitrogens with zero attached hydrogens (tertiary/aromatic N) is 3. The second-order valence-electron chi connectivity index (χ2n) is 6.75. The van der Waals surface area contributed by atoms with Crippen molar-refractivity contribution < 1.29 is 24.2 Å². The first kappa shape index (κ1) is 22.4. The molecule has 1 aliphatic rings. The lowest BCUT2D eigenvalue weighted by molar-refractivity contribution is -0.164. The Morgan fingerprint density at radius 1 is 1.32 bits per heavy atom. The van der Waals surface area contributed by atoms with Crippen molar-refractivity contribution in [2.45, 2.75) is 26.8 Å². The Balaban J connectivity index is 2.18. The topological polar surface area (TPSA) is 112 Å². The van der Waals surface area contributed by atoms with E-state index in [-0.39, 0.29) is 31.0 Å². The molecule has 1 unspecified atom stereocenters. The predicted molar refractivity (Wildman–Crippen MR) is 115 cm³/mol. The van der Waals surface area contributed by atoms with Crippen molar-refractivity contribution in [1.29, 1.82) is 0 Å². The lowest BCUT2D eigenvalue weighted by atomic mass is 9.98. The molecule has 10 heteroatoms. The van der Waals surface area contributed by atoms with Crippen LogP contribution in [0.25, 0.3) is 0 Å². The zero-order valence-electron chi connectivity index (χ0n) is 17.5. The number of aryl methyl sites for hydroxylation is 1. The van der Waals surface area contributed by atoms with Crippen molar-refractivity contribution in [2.75, 3.05) is 25.0 Å². The van der Waals surface area contributed by atoms with E-state index in [0.717, 1.165) is 5.56 Å². The average Bonchev–Trinajstić information content (AvgIpc) is 3.25. The minimum atomic E-state index is -1.25. The van der Waals surface area contributed by atoms with Crippen LogP contribution in [-0.4, -0.2) is 57.7 Å². The average molecular weight is 445 g/mol. The van der Waals surface area contributed by atoms with E-state index in [1.165, 1.54) is 27.6 Å².